The molecule has 100 valence electrons. The van der Waals surface area contributed by atoms with Crippen molar-refractivity contribution < 1.29 is 4.74 Å². The Morgan fingerprint density at radius 2 is 2.00 bits per heavy atom. The van der Waals surface area contributed by atoms with E-state index in [1.807, 2.05) is 44.2 Å². The summed E-state index contributed by atoms with van der Waals surface area (Å²) in [7, 11) is 0. The molecule has 0 bridgehead atoms. The molecule has 1 aromatic heterocycles. The van der Waals surface area contributed by atoms with Gasteiger partial charge < -0.3 is 10.5 Å². The molecule has 0 aliphatic heterocycles. The molecule has 2 rings (SSSR count). The molecule has 0 fully saturated rings. The number of hydrogen-bond acceptors (Lipinski definition) is 3. The van der Waals surface area contributed by atoms with Gasteiger partial charge in [-0.25, -0.2) is 0 Å². The van der Waals surface area contributed by atoms with Crippen LogP contribution in [-0.2, 0) is 6.61 Å². The standard InChI is InChI=1S/C16H20N2O/c1-11-7-8-16(15(9-11)13(3)17)19-10-14-6-4-5-12(2)18-14/h4-9,13H,10,17H2,1-3H3. The fraction of sp³-hybridized carbons (Fsp3) is 0.312. The van der Waals surface area contributed by atoms with Crippen LogP contribution in [0, 0.1) is 13.8 Å². The Morgan fingerprint density at radius 1 is 1.21 bits per heavy atom. The second kappa shape index (κ2) is 5.85. The molecule has 0 saturated heterocycles. The second-order valence-corrected chi connectivity index (χ2v) is 4.89. The summed E-state index contributed by atoms with van der Waals surface area (Å²) >= 11 is 0. The maximum absolute atomic E-state index is 5.98. The first kappa shape index (κ1) is 13.6. The molecule has 0 spiro atoms. The third-order valence-electron chi connectivity index (χ3n) is 2.98. The average Bonchev–Trinajstić information content (AvgIpc) is 2.37. The highest BCUT2D eigenvalue weighted by atomic mass is 16.5. The van der Waals surface area contributed by atoms with Crippen molar-refractivity contribution in [1.82, 2.24) is 4.98 Å². The first-order valence-electron chi connectivity index (χ1n) is 6.47. The molecule has 0 saturated carbocycles. The van der Waals surface area contributed by atoms with Crippen molar-refractivity contribution in [3.05, 3.63) is 58.9 Å². The lowest BCUT2D eigenvalue weighted by Gasteiger charge is -2.14. The summed E-state index contributed by atoms with van der Waals surface area (Å²) in [5.41, 5.74) is 10.1. The number of nitrogens with zero attached hydrogens (tertiary/aromatic N) is 1. The first-order valence-corrected chi connectivity index (χ1v) is 6.47. The second-order valence-electron chi connectivity index (χ2n) is 4.89. The maximum atomic E-state index is 5.98. The van der Waals surface area contributed by atoms with Crippen LogP contribution in [0.15, 0.2) is 36.4 Å². The molecular formula is C16H20N2O. The molecule has 3 heteroatoms. The van der Waals surface area contributed by atoms with E-state index >= 15 is 0 Å². The van der Waals surface area contributed by atoms with E-state index in [2.05, 4.69) is 18.0 Å². The van der Waals surface area contributed by atoms with Gasteiger partial charge in [0, 0.05) is 17.3 Å². The number of aromatic nitrogens is 1. The summed E-state index contributed by atoms with van der Waals surface area (Å²) in [5.74, 6) is 0.837. The van der Waals surface area contributed by atoms with Gasteiger partial charge in [0.25, 0.3) is 0 Å². The Bertz CT molecular complexity index is 564. The van der Waals surface area contributed by atoms with E-state index in [1.54, 1.807) is 0 Å². The number of hydrogen-bond donors (Lipinski definition) is 1. The minimum absolute atomic E-state index is 0.0413. The van der Waals surface area contributed by atoms with Crippen molar-refractivity contribution in [2.45, 2.75) is 33.4 Å². The summed E-state index contributed by atoms with van der Waals surface area (Å²) in [6.45, 7) is 6.46. The lowest BCUT2D eigenvalue weighted by Crippen LogP contribution is -2.09. The van der Waals surface area contributed by atoms with Crippen LogP contribution in [0.1, 0.15) is 35.5 Å². The normalized spacial score (nSPS) is 12.2. The van der Waals surface area contributed by atoms with E-state index in [9.17, 15) is 0 Å². The van der Waals surface area contributed by atoms with E-state index in [4.69, 9.17) is 10.5 Å². The molecule has 0 radical (unpaired) electrons. The number of nitrogens with two attached hydrogens (primary N) is 1. The van der Waals surface area contributed by atoms with Crippen molar-refractivity contribution >= 4 is 0 Å². The highest BCUT2D eigenvalue weighted by molar-refractivity contribution is 5.38. The van der Waals surface area contributed by atoms with Crippen molar-refractivity contribution in [3.63, 3.8) is 0 Å². The third-order valence-corrected chi connectivity index (χ3v) is 2.98. The predicted octanol–water partition coefficient (Wildman–Crippen LogP) is 3.30. The minimum atomic E-state index is -0.0413. The number of benzene rings is 1. The number of aryl methyl sites for hydroxylation is 2. The predicted molar refractivity (Wildman–Crippen MR) is 77.1 cm³/mol. The van der Waals surface area contributed by atoms with Crippen molar-refractivity contribution in [1.29, 1.82) is 0 Å². The summed E-state index contributed by atoms with van der Waals surface area (Å²) < 4.78 is 5.85. The molecule has 19 heavy (non-hydrogen) atoms. The van der Waals surface area contributed by atoms with Gasteiger partial charge in [-0.2, -0.15) is 0 Å². The molecule has 1 atom stereocenters. The van der Waals surface area contributed by atoms with E-state index in [0.717, 1.165) is 22.7 Å². The van der Waals surface area contributed by atoms with Crippen LogP contribution < -0.4 is 10.5 Å². The zero-order valence-corrected chi connectivity index (χ0v) is 11.7. The van der Waals surface area contributed by atoms with E-state index < -0.39 is 0 Å². The molecule has 2 N–H and O–H groups in total. The number of ether oxygens (including phenoxy) is 1. The van der Waals surface area contributed by atoms with Crippen LogP contribution in [0.2, 0.25) is 0 Å². The summed E-state index contributed by atoms with van der Waals surface area (Å²) in [6.07, 6.45) is 0. The van der Waals surface area contributed by atoms with Gasteiger partial charge in [0.15, 0.2) is 0 Å². The maximum Gasteiger partial charge on any atom is 0.130 e. The van der Waals surface area contributed by atoms with E-state index in [0.29, 0.717) is 6.61 Å². The fourth-order valence-corrected chi connectivity index (χ4v) is 1.99. The third kappa shape index (κ3) is 3.55. The van der Waals surface area contributed by atoms with Crippen LogP contribution in [-0.4, -0.2) is 4.98 Å². The van der Waals surface area contributed by atoms with Gasteiger partial charge in [-0.05, 0) is 39.0 Å². The van der Waals surface area contributed by atoms with Crippen LogP contribution >= 0.6 is 0 Å². The highest BCUT2D eigenvalue weighted by Gasteiger charge is 2.09. The van der Waals surface area contributed by atoms with E-state index in [-0.39, 0.29) is 6.04 Å². The van der Waals surface area contributed by atoms with Gasteiger partial charge in [-0.1, -0.05) is 23.8 Å². The van der Waals surface area contributed by atoms with Gasteiger partial charge in [0.2, 0.25) is 0 Å². The van der Waals surface area contributed by atoms with Gasteiger partial charge in [0.1, 0.15) is 12.4 Å². The Balaban J connectivity index is 2.15. The van der Waals surface area contributed by atoms with Gasteiger partial charge in [0.05, 0.1) is 5.69 Å². The van der Waals surface area contributed by atoms with Crippen LogP contribution in [0.5, 0.6) is 5.75 Å². The SMILES string of the molecule is Cc1ccc(OCc2cccc(C)n2)c(C(C)N)c1. The molecule has 1 aromatic carbocycles. The fourth-order valence-electron chi connectivity index (χ4n) is 1.99. The van der Waals surface area contributed by atoms with Crippen LogP contribution in [0.4, 0.5) is 0 Å². The lowest BCUT2D eigenvalue weighted by atomic mass is 10.1. The molecule has 1 unspecified atom stereocenters. The smallest absolute Gasteiger partial charge is 0.130 e. The number of pyridine rings is 1. The largest absolute Gasteiger partial charge is 0.487 e. The molecule has 1 heterocycles. The number of rotatable bonds is 4. The molecule has 0 aliphatic carbocycles. The van der Waals surface area contributed by atoms with Crippen molar-refractivity contribution in [2.75, 3.05) is 0 Å². The molecule has 2 aromatic rings. The quantitative estimate of drug-likeness (QED) is 0.913. The molecule has 0 aliphatic rings. The monoisotopic (exact) mass is 256 g/mol. The molecular weight excluding hydrogens is 236 g/mol. The lowest BCUT2D eigenvalue weighted by molar-refractivity contribution is 0.296. The average molecular weight is 256 g/mol. The molecule has 0 amide bonds. The zero-order chi connectivity index (χ0) is 13.8. The van der Waals surface area contributed by atoms with Crippen molar-refractivity contribution in [2.24, 2.45) is 5.73 Å². The Labute approximate surface area is 114 Å². The van der Waals surface area contributed by atoms with Crippen LogP contribution in [0.3, 0.4) is 0 Å². The summed E-state index contributed by atoms with van der Waals surface area (Å²) in [5, 5.41) is 0. The van der Waals surface area contributed by atoms with Crippen molar-refractivity contribution in [3.8, 4) is 5.75 Å². The Hall–Kier alpha value is -1.87. The zero-order valence-electron chi connectivity index (χ0n) is 11.7. The highest BCUT2D eigenvalue weighted by Crippen LogP contribution is 2.25. The van der Waals surface area contributed by atoms with Gasteiger partial charge in [-0.3, -0.25) is 4.98 Å². The topological polar surface area (TPSA) is 48.1 Å². The summed E-state index contributed by atoms with van der Waals surface area (Å²) in [6, 6.07) is 12.0. The van der Waals surface area contributed by atoms with E-state index in [1.165, 1.54) is 5.56 Å². The van der Waals surface area contributed by atoms with Gasteiger partial charge >= 0.3 is 0 Å². The Kier molecular flexibility index (Phi) is 4.17. The summed E-state index contributed by atoms with van der Waals surface area (Å²) in [4.78, 5) is 4.42. The molecule has 3 nitrogen and oxygen atoms in total. The first-order chi connectivity index (χ1) is 9.06. The minimum Gasteiger partial charge on any atom is -0.487 e. The van der Waals surface area contributed by atoms with Crippen LogP contribution in [0.25, 0.3) is 0 Å². The van der Waals surface area contributed by atoms with Gasteiger partial charge in [-0.15, -0.1) is 0 Å². The Morgan fingerprint density at radius 3 is 2.68 bits per heavy atom.